The van der Waals surface area contributed by atoms with Gasteiger partial charge < -0.3 is 23.8 Å². The van der Waals surface area contributed by atoms with Crippen molar-refractivity contribution in [2.45, 2.75) is 240 Å². The van der Waals surface area contributed by atoms with Crippen LogP contribution in [0.25, 0.3) is 0 Å². The minimum absolute atomic E-state index is 0.116. The molecule has 1 aliphatic heterocycles. The first-order valence-corrected chi connectivity index (χ1v) is 28.6. The average Bonchev–Trinajstić information content (AvgIpc) is 3.88. The van der Waals surface area contributed by atoms with Crippen LogP contribution in [0.3, 0.4) is 0 Å². The maximum atomic E-state index is 6.54. The smallest absolute Gasteiger partial charge is 0.0936 e. The summed E-state index contributed by atoms with van der Waals surface area (Å²) < 4.78 is 25.4. The molecule has 4 aliphatic carbocycles. The van der Waals surface area contributed by atoms with Gasteiger partial charge in [-0.2, -0.15) is 0 Å². The fraction of sp³-hybridized carbons (Fsp3) is 0.932. The Morgan fingerprint density at radius 3 is 2.19 bits per heavy atom. The number of hydrogen-bond donors (Lipinski definition) is 0. The highest BCUT2D eigenvalue weighted by Crippen LogP contribution is 2.67. The lowest BCUT2D eigenvalue weighted by molar-refractivity contribution is -0.0731. The molecule has 3 saturated carbocycles. The molecule has 5 nitrogen and oxygen atoms in total. The van der Waals surface area contributed by atoms with Gasteiger partial charge in [0.2, 0.25) is 0 Å². The largest absolute Gasteiger partial charge is 0.379 e. The van der Waals surface area contributed by atoms with Crippen LogP contribution in [0.2, 0.25) is 0 Å². The predicted molar refractivity (Wildman–Crippen MR) is 273 cm³/mol. The van der Waals surface area contributed by atoms with Gasteiger partial charge in [0.1, 0.15) is 0 Å². The Morgan fingerprint density at radius 1 is 0.703 bits per heavy atom. The van der Waals surface area contributed by atoms with Crippen LogP contribution in [-0.4, -0.2) is 76.4 Å². The lowest BCUT2D eigenvalue weighted by atomic mass is 9.47. The van der Waals surface area contributed by atoms with E-state index in [-0.39, 0.29) is 6.10 Å². The van der Waals surface area contributed by atoms with Crippen molar-refractivity contribution >= 4 is 0 Å². The molecule has 5 heteroatoms. The maximum Gasteiger partial charge on any atom is 0.0936 e. The van der Waals surface area contributed by atoms with Crippen LogP contribution >= 0.6 is 0 Å². The Hall–Kier alpha value is -0.720. The Morgan fingerprint density at radius 2 is 1.44 bits per heavy atom. The molecule has 64 heavy (non-hydrogen) atoms. The van der Waals surface area contributed by atoms with Crippen molar-refractivity contribution in [2.75, 3.05) is 59.3 Å². The van der Waals surface area contributed by atoms with E-state index in [0.29, 0.717) is 50.0 Å². The van der Waals surface area contributed by atoms with Crippen LogP contribution in [-0.2, 0) is 18.9 Å². The van der Waals surface area contributed by atoms with Crippen LogP contribution in [0.15, 0.2) is 23.8 Å². The van der Waals surface area contributed by atoms with Crippen molar-refractivity contribution in [3.8, 4) is 0 Å². The molecule has 0 radical (unpaired) electrons. The number of likely N-dealkylation sites (tertiary alicyclic amines) is 1. The minimum atomic E-state index is 0.116. The number of hydrogen-bond acceptors (Lipinski definition) is 5. The summed E-state index contributed by atoms with van der Waals surface area (Å²) in [5.41, 5.74) is 2.68. The highest BCUT2D eigenvalue weighted by molar-refractivity contribution is 5.25. The zero-order valence-corrected chi connectivity index (χ0v) is 43.7. The summed E-state index contributed by atoms with van der Waals surface area (Å²) >= 11 is 0. The third-order valence-corrected chi connectivity index (χ3v) is 18.1. The molecule has 0 N–H and O–H groups in total. The summed E-state index contributed by atoms with van der Waals surface area (Å²) in [5, 5.41) is 0. The highest BCUT2D eigenvalue weighted by atomic mass is 16.6. The van der Waals surface area contributed by atoms with Gasteiger partial charge in [-0.05, 0) is 155 Å². The Balaban J connectivity index is 0.925. The van der Waals surface area contributed by atoms with E-state index >= 15 is 0 Å². The van der Waals surface area contributed by atoms with Gasteiger partial charge in [-0.1, -0.05) is 156 Å². The monoisotopic (exact) mass is 894 g/mol. The number of ether oxygens (including phenoxy) is 4. The molecule has 0 bridgehead atoms. The van der Waals surface area contributed by atoms with E-state index in [9.17, 15) is 0 Å². The summed E-state index contributed by atoms with van der Waals surface area (Å²) in [6.45, 7) is 24.9. The van der Waals surface area contributed by atoms with Crippen LogP contribution in [0.4, 0.5) is 0 Å². The fourth-order valence-electron chi connectivity index (χ4n) is 14.3. The third-order valence-electron chi connectivity index (χ3n) is 18.1. The normalized spacial score (nSPS) is 30.5. The summed E-state index contributed by atoms with van der Waals surface area (Å²) in [6.07, 6.45) is 45.8. The number of rotatable bonds is 35. The van der Waals surface area contributed by atoms with E-state index in [1.165, 1.54) is 180 Å². The molecule has 1 heterocycles. The molecule has 10 atom stereocenters. The summed E-state index contributed by atoms with van der Waals surface area (Å²) in [4.78, 5) is 2.62. The van der Waals surface area contributed by atoms with Gasteiger partial charge in [-0.3, -0.25) is 0 Å². The molecule has 0 aromatic heterocycles. The van der Waals surface area contributed by atoms with E-state index < -0.39 is 0 Å². The van der Waals surface area contributed by atoms with Crippen molar-refractivity contribution in [2.24, 2.45) is 52.3 Å². The zero-order chi connectivity index (χ0) is 45.5. The number of allylic oxidation sites excluding steroid dienone is 3. The topological polar surface area (TPSA) is 40.2 Å². The molecule has 0 spiro atoms. The Kier molecular flexibility index (Phi) is 25.4. The molecule has 0 amide bonds. The van der Waals surface area contributed by atoms with Gasteiger partial charge in [-0.25, -0.2) is 0 Å². The van der Waals surface area contributed by atoms with Crippen molar-refractivity contribution < 1.29 is 18.9 Å². The first-order valence-electron chi connectivity index (χ1n) is 28.6. The first kappa shape index (κ1) is 54.2. The second-order valence-corrected chi connectivity index (χ2v) is 23.3. The predicted octanol–water partition coefficient (Wildman–Crippen LogP) is 16.0. The van der Waals surface area contributed by atoms with E-state index in [0.717, 1.165) is 67.4 Å². The summed E-state index contributed by atoms with van der Waals surface area (Å²) in [5.74, 6) is 6.22. The SMILES string of the molecule is CCCCCCCC/C=C\CCCCCCCCOCC(CN1CCC(CCC)C1)OCCOCCO[C@H]1CC[C@@]2(C)C(=CC[C@H]3[C@@H]4CC[C@H]([C@H](C)CCCC(C)C)[C@@]4(C)CC[C@@H]32)C1. The number of fused-ring (bicyclic) bond motifs is 5. The summed E-state index contributed by atoms with van der Waals surface area (Å²) in [7, 11) is 0. The molecule has 0 aromatic rings. The zero-order valence-electron chi connectivity index (χ0n) is 43.7. The van der Waals surface area contributed by atoms with Gasteiger partial charge in [0, 0.05) is 19.7 Å². The van der Waals surface area contributed by atoms with Gasteiger partial charge in [0.15, 0.2) is 0 Å². The lowest BCUT2D eigenvalue weighted by Crippen LogP contribution is -2.51. The highest BCUT2D eigenvalue weighted by Gasteiger charge is 2.59. The molecule has 2 unspecified atom stereocenters. The fourth-order valence-corrected chi connectivity index (χ4v) is 14.3. The summed E-state index contributed by atoms with van der Waals surface area (Å²) in [6, 6.07) is 0. The molecule has 5 rings (SSSR count). The van der Waals surface area contributed by atoms with Crippen LogP contribution in [0.1, 0.15) is 228 Å². The van der Waals surface area contributed by atoms with Gasteiger partial charge in [0.25, 0.3) is 0 Å². The van der Waals surface area contributed by atoms with Crippen molar-refractivity contribution in [3.05, 3.63) is 23.8 Å². The van der Waals surface area contributed by atoms with Crippen LogP contribution in [0.5, 0.6) is 0 Å². The molecule has 4 fully saturated rings. The molecular weight excluding hydrogens is 787 g/mol. The average molecular weight is 895 g/mol. The molecule has 0 aromatic carbocycles. The first-order chi connectivity index (χ1) is 31.2. The standard InChI is InChI=1S/C59H107NO4/c1-8-10-11-12-13-14-15-16-17-18-19-20-21-22-23-24-39-62-47-53(46-60-38-35-50(45-60)26-9-2)64-43-41-61-40-42-63-52-33-36-58(6)51(44-52)29-30-54-56-32-31-55(49(5)28-25-27-48(3)4)59(56,7)37-34-57(54)58/h16-17,29,48-50,52-57H,8-15,18-28,30-47H2,1-7H3/b17-16-/t49-,50?,52+,53?,54+,55-,56+,57+,58+,59-/m1/s1. The van der Waals surface area contributed by atoms with Crippen LogP contribution in [0, 0.1) is 52.3 Å². The lowest BCUT2D eigenvalue weighted by Gasteiger charge is -2.58. The molecular formula is C59H107NO4. The van der Waals surface area contributed by atoms with Gasteiger partial charge in [-0.15, -0.1) is 0 Å². The Labute approximate surface area is 398 Å². The van der Waals surface area contributed by atoms with Crippen molar-refractivity contribution in [1.29, 1.82) is 0 Å². The molecule has 5 aliphatic rings. The maximum absolute atomic E-state index is 6.54. The van der Waals surface area contributed by atoms with Crippen molar-refractivity contribution in [1.82, 2.24) is 4.90 Å². The second-order valence-electron chi connectivity index (χ2n) is 23.3. The van der Waals surface area contributed by atoms with E-state index in [1.54, 1.807) is 5.57 Å². The van der Waals surface area contributed by atoms with E-state index in [2.05, 4.69) is 71.6 Å². The van der Waals surface area contributed by atoms with Gasteiger partial charge >= 0.3 is 0 Å². The van der Waals surface area contributed by atoms with Crippen molar-refractivity contribution in [3.63, 3.8) is 0 Å². The van der Waals surface area contributed by atoms with E-state index in [1.807, 2.05) is 0 Å². The van der Waals surface area contributed by atoms with Gasteiger partial charge in [0.05, 0.1) is 45.2 Å². The quantitative estimate of drug-likeness (QED) is 0.0468. The molecule has 372 valence electrons. The Bertz CT molecular complexity index is 1280. The third kappa shape index (κ3) is 17.4. The molecule has 1 saturated heterocycles. The number of nitrogens with zero attached hydrogens (tertiary/aromatic N) is 1. The minimum Gasteiger partial charge on any atom is -0.379 e. The van der Waals surface area contributed by atoms with E-state index in [4.69, 9.17) is 18.9 Å². The second kappa shape index (κ2) is 30.0. The number of unbranched alkanes of at least 4 members (excludes halogenated alkanes) is 12. The van der Waals surface area contributed by atoms with Crippen LogP contribution < -0.4 is 0 Å².